The highest BCUT2D eigenvalue weighted by Gasteiger charge is 2.08. The second-order valence-electron chi connectivity index (χ2n) is 6.24. The molecule has 5 heteroatoms. The van der Waals surface area contributed by atoms with Gasteiger partial charge in [-0.3, -0.25) is 4.79 Å². The summed E-state index contributed by atoms with van der Waals surface area (Å²) in [5.41, 5.74) is 3.65. The summed E-state index contributed by atoms with van der Waals surface area (Å²) >= 11 is 0. The third-order valence-corrected chi connectivity index (χ3v) is 4.36. The van der Waals surface area contributed by atoms with Gasteiger partial charge < -0.3 is 14.9 Å². The molecule has 2 aromatic carbocycles. The number of para-hydroxylation sites is 1. The van der Waals surface area contributed by atoms with Gasteiger partial charge in [0.05, 0.1) is 12.0 Å². The molecule has 2 aromatic heterocycles. The Kier molecular flexibility index (Phi) is 4.51. The smallest absolute Gasteiger partial charge is 0.267 e. The molecule has 0 saturated carbocycles. The van der Waals surface area contributed by atoms with E-state index in [4.69, 9.17) is 0 Å². The fraction of sp³-hybridized carbons (Fsp3) is 0.143. The van der Waals surface area contributed by atoms with Crippen molar-refractivity contribution in [2.24, 2.45) is 0 Å². The number of imidazole rings is 1. The van der Waals surface area contributed by atoms with Crippen molar-refractivity contribution in [2.75, 3.05) is 6.54 Å². The van der Waals surface area contributed by atoms with Crippen LogP contribution in [0.1, 0.15) is 16.9 Å². The quantitative estimate of drug-likeness (QED) is 0.522. The van der Waals surface area contributed by atoms with E-state index < -0.39 is 0 Å². The summed E-state index contributed by atoms with van der Waals surface area (Å²) in [5.74, 6) is -0.0724. The molecule has 0 bridgehead atoms. The van der Waals surface area contributed by atoms with Crippen molar-refractivity contribution in [3.8, 4) is 11.3 Å². The highest BCUT2D eigenvalue weighted by molar-refractivity contribution is 5.97. The SMILES string of the molecule is O=C(NCCCn1cnc(-c2ccccc2)c1)c1cc2ccccc2[nH]1. The van der Waals surface area contributed by atoms with Gasteiger partial charge in [-0.25, -0.2) is 4.98 Å². The van der Waals surface area contributed by atoms with Crippen LogP contribution in [-0.4, -0.2) is 27.0 Å². The molecule has 2 heterocycles. The van der Waals surface area contributed by atoms with Gasteiger partial charge in [-0.15, -0.1) is 0 Å². The number of hydrogen-bond donors (Lipinski definition) is 2. The van der Waals surface area contributed by atoms with Crippen molar-refractivity contribution >= 4 is 16.8 Å². The normalized spacial score (nSPS) is 10.9. The van der Waals surface area contributed by atoms with Gasteiger partial charge >= 0.3 is 0 Å². The zero-order valence-electron chi connectivity index (χ0n) is 14.4. The lowest BCUT2D eigenvalue weighted by molar-refractivity contribution is 0.0948. The lowest BCUT2D eigenvalue weighted by Crippen LogP contribution is -2.25. The standard InChI is InChI=1S/C21H20N4O/c26-21(19-13-17-9-4-5-10-18(17)24-19)22-11-6-12-25-14-20(23-15-25)16-7-2-1-3-8-16/h1-5,7-10,13-15,24H,6,11-12H2,(H,22,26). The van der Waals surface area contributed by atoms with Gasteiger partial charge in [0.1, 0.15) is 5.69 Å². The van der Waals surface area contributed by atoms with Crippen LogP contribution >= 0.6 is 0 Å². The van der Waals surface area contributed by atoms with Gasteiger partial charge in [0, 0.05) is 35.8 Å². The Hall–Kier alpha value is -3.34. The van der Waals surface area contributed by atoms with Crippen LogP contribution in [0.4, 0.5) is 0 Å². The molecule has 0 unspecified atom stereocenters. The zero-order chi connectivity index (χ0) is 17.8. The molecule has 1 amide bonds. The number of aryl methyl sites for hydroxylation is 1. The maximum atomic E-state index is 12.3. The molecule has 0 aliphatic carbocycles. The van der Waals surface area contributed by atoms with Crippen LogP contribution < -0.4 is 5.32 Å². The molecule has 0 fully saturated rings. The maximum absolute atomic E-state index is 12.3. The number of aromatic amines is 1. The summed E-state index contributed by atoms with van der Waals surface area (Å²) in [6, 6.07) is 19.9. The summed E-state index contributed by atoms with van der Waals surface area (Å²) < 4.78 is 2.05. The minimum absolute atomic E-state index is 0.0724. The summed E-state index contributed by atoms with van der Waals surface area (Å²) in [4.78, 5) is 19.8. The molecule has 5 nitrogen and oxygen atoms in total. The fourth-order valence-corrected chi connectivity index (χ4v) is 2.99. The molecule has 0 radical (unpaired) electrons. The number of amides is 1. The van der Waals surface area contributed by atoms with Crippen LogP contribution in [-0.2, 0) is 6.54 Å². The monoisotopic (exact) mass is 344 g/mol. The first-order valence-corrected chi connectivity index (χ1v) is 8.73. The fourth-order valence-electron chi connectivity index (χ4n) is 2.99. The molecule has 26 heavy (non-hydrogen) atoms. The number of hydrogen-bond acceptors (Lipinski definition) is 2. The Labute approximate surface area is 151 Å². The number of benzene rings is 2. The largest absolute Gasteiger partial charge is 0.351 e. The average Bonchev–Trinajstić information content (AvgIpc) is 3.33. The zero-order valence-corrected chi connectivity index (χ0v) is 14.4. The number of carbonyl (C=O) groups is 1. The van der Waals surface area contributed by atoms with E-state index >= 15 is 0 Å². The Morgan fingerprint density at radius 1 is 1.08 bits per heavy atom. The minimum Gasteiger partial charge on any atom is -0.351 e. The second kappa shape index (κ2) is 7.27. The number of carbonyl (C=O) groups excluding carboxylic acids is 1. The van der Waals surface area contributed by atoms with Crippen molar-refractivity contribution in [1.29, 1.82) is 0 Å². The van der Waals surface area contributed by atoms with Gasteiger partial charge in [0.15, 0.2) is 0 Å². The second-order valence-corrected chi connectivity index (χ2v) is 6.24. The number of nitrogens with one attached hydrogen (secondary N) is 2. The molecular formula is C21H20N4O. The van der Waals surface area contributed by atoms with E-state index in [9.17, 15) is 4.79 Å². The molecule has 2 N–H and O–H groups in total. The van der Waals surface area contributed by atoms with E-state index in [1.165, 1.54) is 0 Å². The minimum atomic E-state index is -0.0724. The van der Waals surface area contributed by atoms with Crippen molar-refractivity contribution in [1.82, 2.24) is 19.9 Å². The van der Waals surface area contributed by atoms with Crippen molar-refractivity contribution in [3.63, 3.8) is 0 Å². The van der Waals surface area contributed by atoms with E-state index in [2.05, 4.69) is 19.9 Å². The van der Waals surface area contributed by atoms with E-state index in [-0.39, 0.29) is 5.91 Å². The number of fused-ring (bicyclic) bond motifs is 1. The van der Waals surface area contributed by atoms with Crippen LogP contribution in [0.3, 0.4) is 0 Å². The number of nitrogens with zero attached hydrogens (tertiary/aromatic N) is 2. The Bertz CT molecular complexity index is 984. The van der Waals surface area contributed by atoms with Gasteiger partial charge in [-0.2, -0.15) is 0 Å². The average molecular weight is 344 g/mol. The van der Waals surface area contributed by atoms with Crippen LogP contribution in [0.2, 0.25) is 0 Å². The van der Waals surface area contributed by atoms with E-state index in [0.717, 1.165) is 35.1 Å². The van der Waals surface area contributed by atoms with Crippen molar-refractivity contribution in [2.45, 2.75) is 13.0 Å². The Morgan fingerprint density at radius 3 is 2.73 bits per heavy atom. The number of aromatic nitrogens is 3. The highest BCUT2D eigenvalue weighted by Crippen LogP contribution is 2.16. The van der Waals surface area contributed by atoms with Crippen molar-refractivity contribution in [3.05, 3.63) is 78.9 Å². The predicted molar refractivity (Wildman–Crippen MR) is 103 cm³/mol. The van der Waals surface area contributed by atoms with Gasteiger partial charge in [0.25, 0.3) is 5.91 Å². The molecule has 0 spiro atoms. The van der Waals surface area contributed by atoms with Crippen LogP contribution in [0.5, 0.6) is 0 Å². The van der Waals surface area contributed by atoms with E-state index in [1.807, 2.05) is 73.2 Å². The lowest BCUT2D eigenvalue weighted by Gasteiger charge is -2.04. The van der Waals surface area contributed by atoms with Crippen molar-refractivity contribution < 1.29 is 4.79 Å². The van der Waals surface area contributed by atoms with Crippen LogP contribution in [0.15, 0.2) is 73.2 Å². The molecule has 0 atom stereocenters. The first-order chi connectivity index (χ1) is 12.8. The maximum Gasteiger partial charge on any atom is 0.267 e. The molecule has 0 aliphatic rings. The predicted octanol–water partition coefficient (Wildman–Crippen LogP) is 3.85. The van der Waals surface area contributed by atoms with Crippen LogP contribution in [0, 0.1) is 0 Å². The summed E-state index contributed by atoms with van der Waals surface area (Å²) in [6.07, 6.45) is 4.72. The van der Waals surface area contributed by atoms with E-state index in [1.54, 1.807) is 0 Å². The summed E-state index contributed by atoms with van der Waals surface area (Å²) in [7, 11) is 0. The summed E-state index contributed by atoms with van der Waals surface area (Å²) in [5, 5.41) is 4.01. The van der Waals surface area contributed by atoms with Gasteiger partial charge in [-0.05, 0) is 18.6 Å². The molecule has 130 valence electrons. The molecule has 4 rings (SSSR count). The Morgan fingerprint density at radius 2 is 1.88 bits per heavy atom. The number of H-pyrrole nitrogens is 1. The molecule has 4 aromatic rings. The molecular weight excluding hydrogens is 324 g/mol. The van der Waals surface area contributed by atoms with Crippen LogP contribution in [0.25, 0.3) is 22.2 Å². The Balaban J connectivity index is 1.29. The molecule has 0 saturated heterocycles. The van der Waals surface area contributed by atoms with E-state index in [0.29, 0.717) is 12.2 Å². The van der Waals surface area contributed by atoms with Gasteiger partial charge in [0.2, 0.25) is 0 Å². The lowest BCUT2D eigenvalue weighted by atomic mass is 10.2. The third kappa shape index (κ3) is 3.52. The first-order valence-electron chi connectivity index (χ1n) is 8.73. The third-order valence-electron chi connectivity index (χ3n) is 4.36. The summed E-state index contributed by atoms with van der Waals surface area (Å²) in [6.45, 7) is 1.43. The topological polar surface area (TPSA) is 62.7 Å². The number of rotatable bonds is 6. The molecule has 0 aliphatic heterocycles. The van der Waals surface area contributed by atoms with Gasteiger partial charge in [-0.1, -0.05) is 48.5 Å². The highest BCUT2D eigenvalue weighted by atomic mass is 16.1. The first kappa shape index (κ1) is 16.1.